The number of ether oxygens (including phenoxy) is 1. The maximum atomic E-state index is 13.7. The monoisotopic (exact) mass is 316 g/mol. The maximum Gasteiger partial charge on any atom is 0.165 e. The Balaban J connectivity index is 1.56. The Labute approximate surface area is 135 Å². The average molecular weight is 316 g/mol. The molecule has 0 radical (unpaired) electrons. The first-order chi connectivity index (χ1) is 11.2. The molecule has 1 fully saturated rings. The zero-order valence-corrected chi connectivity index (χ0v) is 13.2. The molecule has 0 atom stereocenters. The van der Waals surface area contributed by atoms with Crippen molar-refractivity contribution in [1.82, 2.24) is 4.90 Å². The third kappa shape index (κ3) is 3.74. The number of nitrogens with zero attached hydrogens (tertiary/aromatic N) is 2. The van der Waals surface area contributed by atoms with E-state index in [4.69, 9.17) is 4.74 Å². The van der Waals surface area contributed by atoms with Gasteiger partial charge in [0.05, 0.1) is 7.11 Å². The Morgan fingerprint density at radius 3 is 2.35 bits per heavy atom. The fourth-order valence-corrected chi connectivity index (χ4v) is 2.89. The summed E-state index contributed by atoms with van der Waals surface area (Å²) in [6.07, 6.45) is 0. The molecule has 4 nitrogen and oxygen atoms in total. The highest BCUT2D eigenvalue weighted by atomic mass is 19.1. The molecule has 1 N–H and O–H groups in total. The molecule has 0 bridgehead atoms. The van der Waals surface area contributed by atoms with Crippen molar-refractivity contribution in [1.29, 1.82) is 0 Å². The summed E-state index contributed by atoms with van der Waals surface area (Å²) < 4.78 is 18.7. The molecular formula is C18H21FN2O2. The minimum absolute atomic E-state index is 0.283. The van der Waals surface area contributed by atoms with E-state index in [1.54, 1.807) is 24.3 Å². The second-order valence-electron chi connectivity index (χ2n) is 5.75. The molecule has 3 rings (SSSR count). The van der Waals surface area contributed by atoms with Gasteiger partial charge in [0, 0.05) is 38.4 Å². The zero-order valence-electron chi connectivity index (χ0n) is 13.2. The summed E-state index contributed by atoms with van der Waals surface area (Å²) in [5.41, 5.74) is 2.08. The fraction of sp³-hybridized carbons (Fsp3) is 0.333. The standard InChI is InChI=1S/C18H21FN2O2/c1-23-18-7-2-14(12-17(18)19)13-20-8-10-21(11-9-20)15-3-5-16(22)6-4-15/h2-7,12,22H,8-11,13H2,1H3. The summed E-state index contributed by atoms with van der Waals surface area (Å²) in [7, 11) is 1.47. The van der Waals surface area contributed by atoms with Crippen molar-refractivity contribution in [3.8, 4) is 11.5 Å². The van der Waals surface area contributed by atoms with Crippen LogP contribution >= 0.6 is 0 Å². The van der Waals surface area contributed by atoms with Crippen LogP contribution in [-0.4, -0.2) is 43.3 Å². The number of phenolic OH excluding ortho intramolecular Hbond substituents is 1. The number of piperazine rings is 1. The number of methoxy groups -OCH3 is 1. The van der Waals surface area contributed by atoms with Gasteiger partial charge in [-0.3, -0.25) is 4.90 Å². The van der Waals surface area contributed by atoms with Crippen LogP contribution in [0.3, 0.4) is 0 Å². The number of rotatable bonds is 4. The first-order valence-corrected chi connectivity index (χ1v) is 7.74. The number of aromatic hydroxyl groups is 1. The summed E-state index contributed by atoms with van der Waals surface area (Å²) in [4.78, 5) is 4.61. The molecule has 2 aromatic carbocycles. The van der Waals surface area contributed by atoms with Crippen molar-refractivity contribution >= 4 is 5.69 Å². The molecule has 0 saturated carbocycles. The van der Waals surface area contributed by atoms with Crippen LogP contribution in [0.2, 0.25) is 0 Å². The van der Waals surface area contributed by atoms with Gasteiger partial charge in [-0.15, -0.1) is 0 Å². The molecule has 1 aliphatic rings. The molecule has 0 aliphatic carbocycles. The van der Waals surface area contributed by atoms with Crippen molar-refractivity contribution in [2.75, 3.05) is 38.2 Å². The van der Waals surface area contributed by atoms with Gasteiger partial charge in [0.2, 0.25) is 0 Å². The number of hydrogen-bond acceptors (Lipinski definition) is 4. The number of anilines is 1. The van der Waals surface area contributed by atoms with Gasteiger partial charge in [-0.2, -0.15) is 0 Å². The Hall–Kier alpha value is -2.27. The number of benzene rings is 2. The number of phenols is 1. The van der Waals surface area contributed by atoms with Crippen molar-refractivity contribution in [2.45, 2.75) is 6.54 Å². The second-order valence-corrected chi connectivity index (χ2v) is 5.75. The van der Waals surface area contributed by atoms with E-state index in [0.29, 0.717) is 0 Å². The summed E-state index contributed by atoms with van der Waals surface area (Å²) in [5, 5.41) is 9.35. The van der Waals surface area contributed by atoms with E-state index in [2.05, 4.69) is 9.80 Å². The maximum absolute atomic E-state index is 13.7. The van der Waals surface area contributed by atoms with Crippen LogP contribution in [0.15, 0.2) is 42.5 Å². The van der Waals surface area contributed by atoms with Crippen LogP contribution in [-0.2, 0) is 6.54 Å². The molecule has 23 heavy (non-hydrogen) atoms. The fourth-order valence-electron chi connectivity index (χ4n) is 2.89. The van der Waals surface area contributed by atoms with E-state index in [1.807, 2.05) is 18.2 Å². The molecular weight excluding hydrogens is 295 g/mol. The Bertz CT molecular complexity index is 653. The first-order valence-electron chi connectivity index (χ1n) is 7.74. The lowest BCUT2D eigenvalue weighted by atomic mass is 10.1. The smallest absolute Gasteiger partial charge is 0.165 e. The molecule has 122 valence electrons. The summed E-state index contributed by atoms with van der Waals surface area (Å²) in [6, 6.07) is 12.4. The summed E-state index contributed by atoms with van der Waals surface area (Å²) in [5.74, 6) is 0.257. The van der Waals surface area contributed by atoms with Gasteiger partial charge in [-0.25, -0.2) is 4.39 Å². The van der Waals surface area contributed by atoms with Crippen molar-refractivity contribution in [2.24, 2.45) is 0 Å². The molecule has 2 aromatic rings. The predicted molar refractivity (Wildman–Crippen MR) is 88.5 cm³/mol. The van der Waals surface area contributed by atoms with Gasteiger partial charge in [0.25, 0.3) is 0 Å². The SMILES string of the molecule is COc1ccc(CN2CCN(c3ccc(O)cc3)CC2)cc1F. The largest absolute Gasteiger partial charge is 0.508 e. The predicted octanol–water partition coefficient (Wildman–Crippen LogP) is 2.86. The summed E-state index contributed by atoms with van der Waals surface area (Å²) in [6.45, 7) is 4.43. The van der Waals surface area contributed by atoms with Crippen LogP contribution in [0.5, 0.6) is 11.5 Å². The Morgan fingerprint density at radius 1 is 1.04 bits per heavy atom. The van der Waals surface area contributed by atoms with E-state index >= 15 is 0 Å². The van der Waals surface area contributed by atoms with E-state index in [1.165, 1.54) is 7.11 Å². The molecule has 5 heteroatoms. The van der Waals surface area contributed by atoms with E-state index in [-0.39, 0.29) is 17.3 Å². The summed E-state index contributed by atoms with van der Waals surface area (Å²) >= 11 is 0. The Morgan fingerprint density at radius 2 is 1.74 bits per heavy atom. The second kappa shape index (κ2) is 6.87. The minimum Gasteiger partial charge on any atom is -0.508 e. The third-order valence-electron chi connectivity index (χ3n) is 4.21. The third-order valence-corrected chi connectivity index (χ3v) is 4.21. The van der Waals surface area contributed by atoms with Gasteiger partial charge < -0.3 is 14.7 Å². The quantitative estimate of drug-likeness (QED) is 0.941. The van der Waals surface area contributed by atoms with Crippen LogP contribution in [0, 0.1) is 5.82 Å². The minimum atomic E-state index is -0.312. The highest BCUT2D eigenvalue weighted by Gasteiger charge is 2.17. The molecule has 0 aromatic heterocycles. The van der Waals surface area contributed by atoms with Crippen LogP contribution < -0.4 is 9.64 Å². The van der Waals surface area contributed by atoms with E-state index < -0.39 is 0 Å². The number of hydrogen-bond donors (Lipinski definition) is 1. The van der Waals surface area contributed by atoms with Crippen LogP contribution in [0.25, 0.3) is 0 Å². The molecule has 0 spiro atoms. The average Bonchev–Trinajstić information content (AvgIpc) is 2.57. The normalized spacial score (nSPS) is 15.7. The van der Waals surface area contributed by atoms with E-state index in [0.717, 1.165) is 44.0 Å². The van der Waals surface area contributed by atoms with Crippen LogP contribution in [0.4, 0.5) is 10.1 Å². The van der Waals surface area contributed by atoms with Gasteiger partial charge in [0.15, 0.2) is 11.6 Å². The lowest BCUT2D eigenvalue weighted by Crippen LogP contribution is -2.45. The number of halogens is 1. The van der Waals surface area contributed by atoms with Gasteiger partial charge in [0.1, 0.15) is 5.75 Å². The van der Waals surface area contributed by atoms with Gasteiger partial charge in [-0.05, 0) is 42.0 Å². The van der Waals surface area contributed by atoms with Crippen LogP contribution in [0.1, 0.15) is 5.56 Å². The Kier molecular flexibility index (Phi) is 4.67. The molecule has 1 saturated heterocycles. The first kappa shape index (κ1) is 15.6. The lowest BCUT2D eigenvalue weighted by molar-refractivity contribution is 0.249. The van der Waals surface area contributed by atoms with Crippen molar-refractivity contribution in [3.63, 3.8) is 0 Å². The van der Waals surface area contributed by atoms with Crippen molar-refractivity contribution < 1.29 is 14.2 Å². The van der Waals surface area contributed by atoms with Crippen molar-refractivity contribution in [3.05, 3.63) is 53.8 Å². The topological polar surface area (TPSA) is 35.9 Å². The van der Waals surface area contributed by atoms with E-state index in [9.17, 15) is 9.50 Å². The van der Waals surface area contributed by atoms with Gasteiger partial charge in [-0.1, -0.05) is 6.07 Å². The molecule has 0 unspecified atom stereocenters. The lowest BCUT2D eigenvalue weighted by Gasteiger charge is -2.36. The molecule has 1 heterocycles. The molecule has 0 amide bonds. The van der Waals surface area contributed by atoms with Gasteiger partial charge >= 0.3 is 0 Å². The zero-order chi connectivity index (χ0) is 16.2. The highest BCUT2D eigenvalue weighted by Crippen LogP contribution is 2.22. The molecule has 1 aliphatic heterocycles. The highest BCUT2D eigenvalue weighted by molar-refractivity contribution is 5.49.